The average Bonchev–Trinajstić information content (AvgIpc) is 1.97. The number of carbonyl (C=O) groups is 2. The van der Waals surface area contributed by atoms with Crippen LogP contribution < -0.4 is 0 Å². The van der Waals surface area contributed by atoms with E-state index in [-0.39, 0.29) is 6.10 Å². The van der Waals surface area contributed by atoms with Gasteiger partial charge in [-0.25, -0.2) is 9.59 Å². The van der Waals surface area contributed by atoms with Crippen LogP contribution in [0.2, 0.25) is 0 Å². The van der Waals surface area contributed by atoms with Crippen molar-refractivity contribution in [3.05, 3.63) is 0 Å². The molecular weight excluding hydrogens is 294 g/mol. The highest BCUT2D eigenvalue weighted by Gasteiger charge is 2.08. The minimum Gasteiger partial charge on any atom is -0.434 e. The topological polar surface area (TPSA) is 61.8 Å². The molecule has 0 aliphatic carbocycles. The summed E-state index contributed by atoms with van der Waals surface area (Å²) in [5.41, 5.74) is -2.14. The maximum absolute atomic E-state index is 10.5. The van der Waals surface area contributed by atoms with Crippen LogP contribution >= 0.6 is 34.8 Å². The van der Waals surface area contributed by atoms with Crippen molar-refractivity contribution in [2.24, 2.45) is 0 Å². The van der Waals surface area contributed by atoms with Crippen LogP contribution in [-0.2, 0) is 14.2 Å². The molecule has 0 amide bonds. The number of hydrogen-bond acceptors (Lipinski definition) is 5. The molecule has 0 aromatic heterocycles. The summed E-state index contributed by atoms with van der Waals surface area (Å²) in [6, 6.07) is 0. The molecule has 0 fully saturated rings. The molecule has 2 atom stereocenters. The normalized spacial score (nSPS) is 12.9. The van der Waals surface area contributed by atoms with E-state index in [4.69, 9.17) is 34.8 Å². The van der Waals surface area contributed by atoms with Gasteiger partial charge < -0.3 is 14.2 Å². The fourth-order valence-corrected chi connectivity index (χ4v) is 0.813. The molecule has 0 rings (SSSR count). The Bertz CT molecular complexity index is 219. The Morgan fingerprint density at radius 2 is 1.29 bits per heavy atom. The summed E-state index contributed by atoms with van der Waals surface area (Å²) < 4.78 is 13.2. The van der Waals surface area contributed by atoms with Gasteiger partial charge in [0, 0.05) is 11.6 Å². The predicted molar refractivity (Wildman–Crippen MR) is 65.7 cm³/mol. The van der Waals surface area contributed by atoms with Crippen molar-refractivity contribution in [3.8, 4) is 0 Å². The number of alkyl halides is 2. The zero-order valence-corrected chi connectivity index (χ0v) is 12.2. The molecule has 0 aromatic carbocycles. The molecule has 0 aliphatic heterocycles. The Hall–Kier alpha value is -0.390. The Morgan fingerprint density at radius 1 is 0.882 bits per heavy atom. The summed E-state index contributed by atoms with van der Waals surface area (Å²) in [6.07, 6.45) is -0.889. The smallest absolute Gasteiger partial charge is 0.434 e. The van der Waals surface area contributed by atoms with E-state index < -0.39 is 22.7 Å². The van der Waals surface area contributed by atoms with Crippen molar-refractivity contribution in [1.29, 1.82) is 0 Å². The summed E-state index contributed by atoms with van der Waals surface area (Å²) in [5.74, 6) is 0. The summed E-state index contributed by atoms with van der Waals surface area (Å²) in [4.78, 5) is 20.2. The first kappa shape index (κ1) is 19.0. The second kappa shape index (κ2) is 10.7. The molecule has 0 radical (unpaired) electrons. The third-order valence-corrected chi connectivity index (χ3v) is 1.11. The van der Waals surface area contributed by atoms with Crippen molar-refractivity contribution in [1.82, 2.24) is 0 Å². The number of hydrogen-bond donors (Lipinski definition) is 0. The van der Waals surface area contributed by atoms with Crippen LogP contribution in [0.25, 0.3) is 0 Å². The monoisotopic (exact) mass is 308 g/mol. The second-order valence-corrected chi connectivity index (χ2v) is 4.51. The van der Waals surface area contributed by atoms with Crippen molar-refractivity contribution < 1.29 is 23.8 Å². The zero-order valence-electron chi connectivity index (χ0n) is 9.91. The highest BCUT2D eigenvalue weighted by Crippen LogP contribution is 2.00. The summed E-state index contributed by atoms with van der Waals surface area (Å²) in [7, 11) is 0. The summed E-state index contributed by atoms with van der Waals surface area (Å²) in [6.45, 7) is 6.52. The average molecular weight is 310 g/mol. The van der Waals surface area contributed by atoms with Crippen LogP contribution in [0.3, 0.4) is 0 Å². The number of halogens is 3. The molecule has 0 bridgehead atoms. The van der Waals surface area contributed by atoms with Gasteiger partial charge in [-0.2, -0.15) is 0 Å². The highest BCUT2D eigenvalue weighted by atomic mass is 35.5. The zero-order chi connectivity index (χ0) is 14.0. The summed E-state index contributed by atoms with van der Waals surface area (Å²) in [5, 5.41) is 0. The Labute approximate surface area is 115 Å². The lowest BCUT2D eigenvalue weighted by molar-refractivity contribution is 0.0297. The molecule has 0 aromatic rings. The van der Waals surface area contributed by atoms with Crippen LogP contribution in [0.15, 0.2) is 0 Å². The van der Waals surface area contributed by atoms with Gasteiger partial charge in [0.05, 0.1) is 6.10 Å². The third kappa shape index (κ3) is 21.5. The van der Waals surface area contributed by atoms with Gasteiger partial charge in [0.2, 0.25) is 0 Å². The molecule has 8 heteroatoms. The summed E-state index contributed by atoms with van der Waals surface area (Å²) >= 11 is 15.2. The van der Waals surface area contributed by atoms with Crippen LogP contribution in [0.5, 0.6) is 0 Å². The highest BCUT2D eigenvalue weighted by molar-refractivity contribution is 6.61. The SMILES string of the molecule is CC(C)OC(=O)OC(C)Cl.CC(Cl)OC(=O)Cl. The lowest BCUT2D eigenvalue weighted by atomic mass is 10.5. The quantitative estimate of drug-likeness (QED) is 0.446. The number of rotatable bonds is 3. The molecule has 0 heterocycles. The largest absolute Gasteiger partial charge is 0.510 e. The molecule has 0 saturated heterocycles. The van der Waals surface area contributed by atoms with E-state index in [2.05, 4.69) is 14.2 Å². The van der Waals surface area contributed by atoms with Crippen LogP contribution in [0, 0.1) is 0 Å². The number of carbonyl (C=O) groups excluding carboxylic acids is 2. The minimum atomic E-state index is -0.873. The van der Waals surface area contributed by atoms with E-state index in [0.717, 1.165) is 0 Å². The second-order valence-electron chi connectivity index (χ2n) is 2.98. The van der Waals surface area contributed by atoms with Gasteiger partial charge in [0.15, 0.2) is 11.1 Å². The first-order valence-corrected chi connectivity index (χ1v) is 5.91. The number of ether oxygens (including phenoxy) is 3. The Kier molecular flexibility index (Phi) is 12.0. The molecule has 17 heavy (non-hydrogen) atoms. The third-order valence-electron chi connectivity index (χ3n) is 0.846. The fourth-order valence-electron chi connectivity index (χ4n) is 0.480. The molecule has 5 nitrogen and oxygen atoms in total. The molecule has 0 saturated carbocycles. The lowest BCUT2D eigenvalue weighted by Gasteiger charge is -2.08. The van der Waals surface area contributed by atoms with E-state index in [1.165, 1.54) is 6.92 Å². The van der Waals surface area contributed by atoms with Gasteiger partial charge >= 0.3 is 11.6 Å². The predicted octanol–water partition coefficient (Wildman–Crippen LogP) is 4.08. The van der Waals surface area contributed by atoms with Gasteiger partial charge in [0.25, 0.3) is 0 Å². The van der Waals surface area contributed by atoms with Crippen LogP contribution in [0.4, 0.5) is 9.59 Å². The first-order valence-electron chi connectivity index (χ1n) is 4.66. The lowest BCUT2D eigenvalue weighted by Crippen LogP contribution is -2.15. The van der Waals surface area contributed by atoms with Gasteiger partial charge in [0.1, 0.15) is 0 Å². The standard InChI is InChI=1S/C6H11ClO3.C3H4Cl2O2/c1-4(2)9-6(8)10-5(3)7;1-2(4)7-3(5)6/h4-5H,1-3H3;2H,1H3. The van der Waals surface area contributed by atoms with Crippen molar-refractivity contribution in [2.45, 2.75) is 44.9 Å². The van der Waals surface area contributed by atoms with E-state index in [0.29, 0.717) is 0 Å². The fraction of sp³-hybridized carbons (Fsp3) is 0.778. The van der Waals surface area contributed by atoms with Crippen molar-refractivity contribution in [3.63, 3.8) is 0 Å². The molecule has 0 spiro atoms. The molecule has 102 valence electrons. The van der Waals surface area contributed by atoms with E-state index in [1.54, 1.807) is 20.8 Å². The van der Waals surface area contributed by atoms with Crippen LogP contribution in [0.1, 0.15) is 27.7 Å². The molecule has 0 aliphatic rings. The van der Waals surface area contributed by atoms with Gasteiger partial charge in [-0.15, -0.1) is 0 Å². The van der Waals surface area contributed by atoms with E-state index >= 15 is 0 Å². The van der Waals surface area contributed by atoms with E-state index in [1.807, 2.05) is 0 Å². The molecule has 2 unspecified atom stereocenters. The Morgan fingerprint density at radius 3 is 1.47 bits per heavy atom. The maximum Gasteiger partial charge on any atom is 0.510 e. The van der Waals surface area contributed by atoms with Gasteiger partial charge in [-0.1, -0.05) is 23.2 Å². The molecular formula is C9H15Cl3O5. The van der Waals surface area contributed by atoms with Gasteiger partial charge in [-0.05, 0) is 27.7 Å². The van der Waals surface area contributed by atoms with Crippen molar-refractivity contribution >= 4 is 46.4 Å². The maximum atomic E-state index is 10.5. The minimum absolute atomic E-state index is 0.164. The van der Waals surface area contributed by atoms with Crippen molar-refractivity contribution in [2.75, 3.05) is 0 Å². The van der Waals surface area contributed by atoms with Gasteiger partial charge in [-0.3, -0.25) is 0 Å². The van der Waals surface area contributed by atoms with E-state index in [9.17, 15) is 9.59 Å². The molecule has 0 N–H and O–H groups in total. The first-order chi connectivity index (χ1) is 7.65. The van der Waals surface area contributed by atoms with Crippen LogP contribution in [-0.4, -0.2) is 28.8 Å². The Balaban J connectivity index is 0.